The molecule has 0 unspecified atom stereocenters. The average molecular weight is 372 g/mol. The number of benzene rings is 1. The predicted octanol–water partition coefficient (Wildman–Crippen LogP) is -1.83. The zero-order valence-corrected chi connectivity index (χ0v) is 13.0. The number of hydrogen-bond donors (Lipinski definition) is 6. The van der Waals surface area contributed by atoms with Crippen LogP contribution < -0.4 is 33.2 Å². The Kier molecular flexibility index (Phi) is 8.80. The number of halogens is 1. The third-order valence-electron chi connectivity index (χ3n) is 2.26. The third kappa shape index (κ3) is 7.63. The molecule has 13 nitrogen and oxygen atoms in total. The van der Waals surface area contributed by atoms with Gasteiger partial charge >= 0.3 is 22.5 Å². The van der Waals surface area contributed by atoms with E-state index in [-0.39, 0.29) is 16.9 Å². The lowest BCUT2D eigenvalue weighted by molar-refractivity contribution is 0.253. The summed E-state index contributed by atoms with van der Waals surface area (Å²) >= 11 is 0. The highest BCUT2D eigenvalue weighted by molar-refractivity contribution is 7.79. The summed E-state index contributed by atoms with van der Waals surface area (Å²) in [5.41, 5.74) is 10.0. The van der Waals surface area contributed by atoms with Crippen molar-refractivity contribution in [2.24, 2.45) is 23.2 Å². The van der Waals surface area contributed by atoms with Crippen molar-refractivity contribution >= 4 is 33.8 Å². The largest absolute Gasteiger partial charge is 0.412 e. The summed E-state index contributed by atoms with van der Waals surface area (Å²) in [4.78, 5) is 21.8. The van der Waals surface area contributed by atoms with Crippen molar-refractivity contribution in [3.05, 3.63) is 23.5 Å². The highest BCUT2D eigenvalue weighted by Crippen LogP contribution is 2.27. The number of amides is 4. The Hall–Kier alpha value is -2.56. The minimum absolute atomic E-state index is 0. The molecular formula is C9H17FN6O7S. The van der Waals surface area contributed by atoms with Crippen molar-refractivity contribution in [1.29, 1.82) is 0 Å². The minimum Gasteiger partial charge on any atom is -0.412 e. The Bertz CT molecular complexity index is 663. The van der Waals surface area contributed by atoms with Gasteiger partial charge in [0.15, 0.2) is 0 Å². The van der Waals surface area contributed by atoms with Crippen molar-refractivity contribution in [1.82, 2.24) is 0 Å². The van der Waals surface area contributed by atoms with Crippen molar-refractivity contribution in [2.75, 3.05) is 10.0 Å². The van der Waals surface area contributed by atoms with E-state index in [1.165, 1.54) is 6.92 Å². The maximum Gasteiger partial charge on any atom is 0.394 e. The second-order valence-electron chi connectivity index (χ2n) is 3.95. The second kappa shape index (κ2) is 8.91. The number of carbonyl (C=O) groups excluding carboxylic acids is 2. The minimum atomic E-state index is -4.67. The number of urea groups is 2. The Morgan fingerprint density at radius 2 is 1.38 bits per heavy atom. The number of hydrogen-bond acceptors (Lipinski definition) is 6. The first kappa shape index (κ1) is 23.7. The van der Waals surface area contributed by atoms with E-state index in [4.69, 9.17) is 40.7 Å². The van der Waals surface area contributed by atoms with Crippen molar-refractivity contribution in [3.63, 3.8) is 0 Å². The molecular weight excluding hydrogens is 355 g/mol. The summed E-state index contributed by atoms with van der Waals surface area (Å²) in [6.45, 7) is 1.51. The van der Waals surface area contributed by atoms with Gasteiger partial charge in [0.1, 0.15) is 11.5 Å². The molecule has 15 heteroatoms. The van der Waals surface area contributed by atoms with Crippen LogP contribution in [0.1, 0.15) is 5.56 Å². The molecule has 138 valence electrons. The van der Waals surface area contributed by atoms with Crippen LogP contribution in [-0.4, -0.2) is 35.1 Å². The number of anilines is 2. The Morgan fingerprint density at radius 1 is 1.04 bits per heavy atom. The van der Waals surface area contributed by atoms with Crippen LogP contribution in [-0.2, 0) is 10.4 Å². The molecule has 24 heavy (non-hydrogen) atoms. The fraction of sp³-hybridized carbons (Fsp3) is 0.111. The van der Waals surface area contributed by atoms with E-state index in [1.54, 1.807) is 0 Å². The van der Waals surface area contributed by atoms with Crippen LogP contribution in [0.4, 0.5) is 25.4 Å². The molecule has 0 aliphatic carbocycles. The fourth-order valence-electron chi connectivity index (χ4n) is 1.33. The van der Waals surface area contributed by atoms with Gasteiger partial charge < -0.3 is 16.9 Å². The zero-order chi connectivity index (χ0) is 18.5. The monoisotopic (exact) mass is 372 g/mol. The lowest BCUT2D eigenvalue weighted by Gasteiger charge is -2.20. The van der Waals surface area contributed by atoms with Gasteiger partial charge in [-0.1, -0.05) is 0 Å². The molecule has 1 rings (SSSR count). The first-order valence-corrected chi connectivity index (χ1v) is 6.84. The first-order valence-electron chi connectivity index (χ1n) is 5.44. The number of primary amides is 2. The number of nitrogens with zero attached hydrogens (tertiary/aromatic N) is 2. The van der Waals surface area contributed by atoms with Crippen molar-refractivity contribution in [2.45, 2.75) is 6.92 Å². The van der Waals surface area contributed by atoms with Gasteiger partial charge in [-0.15, -0.1) is 0 Å². The Balaban J connectivity index is 0. The lowest BCUT2D eigenvalue weighted by atomic mass is 10.1. The quantitative estimate of drug-likeness (QED) is 0.149. The van der Waals surface area contributed by atoms with E-state index in [2.05, 4.69) is 0 Å². The summed E-state index contributed by atoms with van der Waals surface area (Å²) < 4.78 is 45.2. The molecule has 0 atom stereocenters. The highest BCUT2D eigenvalue weighted by Gasteiger charge is 2.18. The standard InChI is InChI=1S/C9H13FN6O2.H2O4S.H2O/c1-4-2-5(10)7(16(14)9(12)18)3-6(4)15(13)8(11)17;1-5(2,3)4;/h2-3H,13-14H2,1H3,(H2,11,17)(H2,12,18);(H2,1,2,3,4);1H2. The smallest absolute Gasteiger partial charge is 0.394 e. The van der Waals surface area contributed by atoms with Gasteiger partial charge in [0.25, 0.3) is 0 Å². The molecule has 0 aromatic heterocycles. The summed E-state index contributed by atoms with van der Waals surface area (Å²) in [5.74, 6) is 9.89. The summed E-state index contributed by atoms with van der Waals surface area (Å²) in [6.07, 6.45) is 0. The maximum atomic E-state index is 13.6. The third-order valence-corrected chi connectivity index (χ3v) is 2.26. The normalized spacial score (nSPS) is 9.92. The molecule has 1 aromatic rings. The van der Waals surface area contributed by atoms with E-state index in [0.717, 1.165) is 12.1 Å². The SMILES string of the molecule is Cc1cc(F)c(N(N)C(N)=O)cc1N(N)C(N)=O.O.O=S(=O)(O)O. The Morgan fingerprint density at radius 3 is 1.71 bits per heavy atom. The summed E-state index contributed by atoms with van der Waals surface area (Å²) in [6, 6.07) is 0.140. The van der Waals surface area contributed by atoms with Crippen LogP contribution in [0.3, 0.4) is 0 Å². The van der Waals surface area contributed by atoms with Crippen LogP contribution in [0, 0.1) is 12.7 Å². The van der Waals surface area contributed by atoms with Gasteiger partial charge in [-0.05, 0) is 24.6 Å². The van der Waals surface area contributed by atoms with Gasteiger partial charge in [-0.25, -0.2) is 35.7 Å². The first-order chi connectivity index (χ1) is 10.3. The van der Waals surface area contributed by atoms with Gasteiger partial charge in [0.2, 0.25) is 0 Å². The van der Waals surface area contributed by atoms with Crippen LogP contribution in [0.5, 0.6) is 0 Å². The molecule has 0 bridgehead atoms. The topological polar surface area (TPSA) is 251 Å². The zero-order valence-electron chi connectivity index (χ0n) is 12.2. The van der Waals surface area contributed by atoms with E-state index >= 15 is 0 Å². The second-order valence-corrected chi connectivity index (χ2v) is 4.85. The fourth-order valence-corrected chi connectivity index (χ4v) is 1.33. The molecule has 0 spiro atoms. The predicted molar refractivity (Wildman–Crippen MR) is 81.4 cm³/mol. The maximum absolute atomic E-state index is 13.6. The van der Waals surface area contributed by atoms with Crippen molar-refractivity contribution < 1.29 is 37.0 Å². The average Bonchev–Trinajstić information content (AvgIpc) is 2.35. The molecule has 0 heterocycles. The Labute approximate surface area is 135 Å². The molecule has 12 N–H and O–H groups in total. The summed E-state index contributed by atoms with van der Waals surface area (Å²) in [7, 11) is -4.67. The molecule has 0 saturated heterocycles. The lowest BCUT2D eigenvalue weighted by Crippen LogP contribution is -2.44. The van der Waals surface area contributed by atoms with E-state index in [0.29, 0.717) is 15.6 Å². The van der Waals surface area contributed by atoms with Gasteiger partial charge in [-0.3, -0.25) is 9.11 Å². The van der Waals surface area contributed by atoms with Crippen LogP contribution >= 0.6 is 0 Å². The molecule has 0 saturated carbocycles. The van der Waals surface area contributed by atoms with Gasteiger partial charge in [0.05, 0.1) is 5.69 Å². The van der Waals surface area contributed by atoms with Crippen LogP contribution in [0.15, 0.2) is 12.1 Å². The number of rotatable bonds is 2. The summed E-state index contributed by atoms with van der Waals surface area (Å²) in [5, 5.41) is 1.00. The molecule has 1 aromatic carbocycles. The van der Waals surface area contributed by atoms with Gasteiger partial charge in [-0.2, -0.15) is 8.42 Å². The van der Waals surface area contributed by atoms with Crippen molar-refractivity contribution in [3.8, 4) is 0 Å². The van der Waals surface area contributed by atoms with E-state index < -0.39 is 28.3 Å². The number of hydrazine groups is 2. The molecule has 4 amide bonds. The highest BCUT2D eigenvalue weighted by atomic mass is 32.3. The number of nitrogens with two attached hydrogens (primary N) is 4. The number of aryl methyl sites for hydroxylation is 1. The number of carbonyl (C=O) groups is 2. The van der Waals surface area contributed by atoms with E-state index in [1.807, 2.05) is 0 Å². The van der Waals surface area contributed by atoms with Crippen LogP contribution in [0.25, 0.3) is 0 Å². The van der Waals surface area contributed by atoms with Gasteiger partial charge in [0, 0.05) is 0 Å². The molecule has 0 aliphatic heterocycles. The molecule has 0 aliphatic rings. The van der Waals surface area contributed by atoms with E-state index in [9.17, 15) is 14.0 Å². The molecule has 0 radical (unpaired) electrons. The molecule has 0 fully saturated rings. The van der Waals surface area contributed by atoms with Crippen LogP contribution in [0.2, 0.25) is 0 Å².